The molecule has 1 aromatic rings. The Morgan fingerprint density at radius 1 is 0.821 bits per heavy atom. The van der Waals surface area contributed by atoms with Gasteiger partial charge in [-0.15, -0.1) is 0 Å². The first kappa shape index (κ1) is 24.8. The molecule has 1 nitrogen and oxygen atoms in total. The third-order valence-electron chi connectivity index (χ3n) is 4.84. The Kier molecular flexibility index (Phi) is 6.40. The average Bonchev–Trinajstić information content (AvgIpc) is 2.50. The van der Waals surface area contributed by atoms with Crippen molar-refractivity contribution in [3.63, 3.8) is 0 Å². The zero-order chi connectivity index (χ0) is 22.4. The summed E-state index contributed by atoms with van der Waals surface area (Å²) in [6.45, 7) is 9.07. The molecule has 0 fully saturated rings. The van der Waals surface area contributed by atoms with E-state index in [9.17, 15) is 39.5 Å². The summed E-state index contributed by atoms with van der Waals surface area (Å²) in [5, 5.41) is -0.254. The van der Waals surface area contributed by atoms with Gasteiger partial charge in [-0.3, -0.25) is 0 Å². The topological polar surface area (TPSA) is 9.23 Å². The Bertz CT molecular complexity index is 691. The van der Waals surface area contributed by atoms with Gasteiger partial charge in [0, 0.05) is 5.56 Å². The van der Waals surface area contributed by atoms with Gasteiger partial charge in [-0.05, 0) is 29.8 Å². The molecule has 0 amide bonds. The molecule has 1 aromatic carbocycles. The second-order valence-electron chi connectivity index (χ2n) is 7.97. The fraction of sp³-hybridized carbons (Fsp3) is 0.647. The molecule has 162 valence electrons. The summed E-state index contributed by atoms with van der Waals surface area (Å²) >= 11 is 0. The van der Waals surface area contributed by atoms with E-state index in [4.69, 9.17) is 4.43 Å². The highest BCUT2D eigenvalue weighted by molar-refractivity contribution is 6.74. The lowest BCUT2D eigenvalue weighted by atomic mass is 9.95. The lowest BCUT2D eigenvalue weighted by Gasteiger charge is -2.36. The third kappa shape index (κ3) is 4.34. The van der Waals surface area contributed by atoms with Crippen molar-refractivity contribution in [2.75, 3.05) is 0 Å². The van der Waals surface area contributed by atoms with Gasteiger partial charge in [0.2, 0.25) is 0 Å². The predicted molar refractivity (Wildman–Crippen MR) is 88.3 cm³/mol. The number of hydrogen-bond donors (Lipinski definition) is 0. The van der Waals surface area contributed by atoms with E-state index in [1.54, 1.807) is 0 Å². The second kappa shape index (κ2) is 7.23. The van der Waals surface area contributed by atoms with E-state index >= 15 is 0 Å². The third-order valence-corrected chi connectivity index (χ3v) is 9.32. The molecule has 1 rings (SSSR count). The molecule has 0 aliphatic rings. The highest BCUT2D eigenvalue weighted by Gasteiger charge is 2.82. The van der Waals surface area contributed by atoms with E-state index in [2.05, 4.69) is 0 Å². The van der Waals surface area contributed by atoms with Crippen LogP contribution in [0, 0.1) is 0 Å². The van der Waals surface area contributed by atoms with Crippen LogP contribution in [0.3, 0.4) is 0 Å². The van der Waals surface area contributed by atoms with Crippen LogP contribution in [0.15, 0.2) is 24.3 Å². The summed E-state index contributed by atoms with van der Waals surface area (Å²) in [5.41, 5.74) is -1.70. The fourth-order valence-corrected chi connectivity index (χ4v) is 2.85. The number of benzene rings is 1. The van der Waals surface area contributed by atoms with E-state index in [-0.39, 0.29) is 17.2 Å². The first-order valence-corrected chi connectivity index (χ1v) is 11.0. The smallest absolute Gasteiger partial charge is 0.413 e. The van der Waals surface area contributed by atoms with Gasteiger partial charge in [0.15, 0.2) is 8.32 Å². The number of halogens is 9. The van der Waals surface area contributed by atoms with Crippen LogP contribution in [0.5, 0.6) is 0 Å². The van der Waals surface area contributed by atoms with Crippen LogP contribution in [0.2, 0.25) is 18.1 Å². The Balaban J connectivity index is 3.23. The first-order valence-electron chi connectivity index (χ1n) is 8.12. The molecule has 11 heteroatoms. The van der Waals surface area contributed by atoms with Crippen LogP contribution >= 0.6 is 0 Å². The molecule has 0 bridgehead atoms. The largest absolute Gasteiger partial charge is 0.460 e. The van der Waals surface area contributed by atoms with Gasteiger partial charge < -0.3 is 4.43 Å². The SMILES string of the molecule is CC(C)(C)[Si](C)(C)OCc1cccc(C(F)(F)C(F)(F)C(F)(F)C(F)(F)F)c1. The number of alkyl halides is 9. The molecule has 0 saturated heterocycles. The van der Waals surface area contributed by atoms with E-state index in [0.29, 0.717) is 12.1 Å². The van der Waals surface area contributed by atoms with Crippen molar-refractivity contribution in [3.8, 4) is 0 Å². The Morgan fingerprint density at radius 2 is 1.32 bits per heavy atom. The highest BCUT2D eigenvalue weighted by Crippen LogP contribution is 2.56. The van der Waals surface area contributed by atoms with Crippen molar-refractivity contribution < 1.29 is 43.9 Å². The van der Waals surface area contributed by atoms with Gasteiger partial charge >= 0.3 is 23.9 Å². The molecule has 0 aliphatic carbocycles. The van der Waals surface area contributed by atoms with Crippen LogP contribution in [0.1, 0.15) is 31.9 Å². The van der Waals surface area contributed by atoms with Crippen molar-refractivity contribution in [3.05, 3.63) is 35.4 Å². The van der Waals surface area contributed by atoms with Gasteiger partial charge in [-0.1, -0.05) is 39.0 Å². The molecule has 0 aromatic heterocycles. The Labute approximate surface area is 158 Å². The minimum Gasteiger partial charge on any atom is -0.413 e. The maximum Gasteiger partial charge on any atom is 0.460 e. The standard InChI is InChI=1S/C17H21F9OSi/c1-13(2,3)28(4,5)27-10-11-7-6-8-12(9-11)14(18,19)15(20,21)16(22,23)17(24,25)26/h6-9H,10H2,1-5H3. The first-order chi connectivity index (χ1) is 12.2. The molecular formula is C17H21F9OSi. The minimum absolute atomic E-state index is 0.0480. The van der Waals surface area contributed by atoms with Crippen molar-refractivity contribution >= 4 is 8.32 Å². The van der Waals surface area contributed by atoms with E-state index in [0.717, 1.165) is 6.07 Å². The molecule has 28 heavy (non-hydrogen) atoms. The summed E-state index contributed by atoms with van der Waals surface area (Å²) in [5.74, 6) is -19.4. The normalized spacial score (nSPS) is 15.1. The predicted octanol–water partition coefficient (Wildman–Crippen LogP) is 7.13. The number of hydrogen-bond acceptors (Lipinski definition) is 1. The molecule has 0 saturated carbocycles. The van der Waals surface area contributed by atoms with Gasteiger partial charge in [-0.25, -0.2) is 0 Å². The van der Waals surface area contributed by atoms with Crippen LogP contribution in [-0.4, -0.2) is 26.3 Å². The average molecular weight is 440 g/mol. The van der Waals surface area contributed by atoms with E-state index in [1.807, 2.05) is 33.9 Å². The maximum atomic E-state index is 14.0. The van der Waals surface area contributed by atoms with Crippen LogP contribution in [-0.2, 0) is 17.0 Å². The lowest BCUT2D eigenvalue weighted by molar-refractivity contribution is -0.399. The fourth-order valence-electron chi connectivity index (χ4n) is 1.89. The zero-order valence-corrected chi connectivity index (χ0v) is 16.8. The lowest BCUT2D eigenvalue weighted by Crippen LogP contribution is -2.59. The van der Waals surface area contributed by atoms with Gasteiger partial charge in [-0.2, -0.15) is 39.5 Å². The highest BCUT2D eigenvalue weighted by atomic mass is 28.4. The molecule has 0 heterocycles. The molecule has 0 unspecified atom stereocenters. The summed E-state index contributed by atoms with van der Waals surface area (Å²) in [6, 6.07) is 2.92. The molecule has 0 aliphatic heterocycles. The van der Waals surface area contributed by atoms with Crippen molar-refractivity contribution in [1.29, 1.82) is 0 Å². The Morgan fingerprint density at radius 3 is 1.75 bits per heavy atom. The van der Waals surface area contributed by atoms with Crippen molar-refractivity contribution in [2.45, 2.75) is 69.5 Å². The van der Waals surface area contributed by atoms with Crippen molar-refractivity contribution in [2.24, 2.45) is 0 Å². The van der Waals surface area contributed by atoms with Crippen LogP contribution in [0.25, 0.3) is 0 Å². The quantitative estimate of drug-likeness (QED) is 0.338. The van der Waals surface area contributed by atoms with E-state index < -0.39 is 37.8 Å². The summed E-state index contributed by atoms with van der Waals surface area (Å²) in [7, 11) is -2.35. The number of rotatable bonds is 6. The summed E-state index contributed by atoms with van der Waals surface area (Å²) in [4.78, 5) is 0. The summed E-state index contributed by atoms with van der Waals surface area (Å²) in [6.07, 6.45) is -6.84. The Hall–Kier alpha value is -1.23. The van der Waals surface area contributed by atoms with E-state index in [1.165, 1.54) is 6.07 Å². The van der Waals surface area contributed by atoms with Crippen LogP contribution < -0.4 is 0 Å². The molecule has 0 atom stereocenters. The maximum absolute atomic E-state index is 14.0. The molecular weight excluding hydrogens is 419 g/mol. The van der Waals surface area contributed by atoms with Gasteiger partial charge in [0.25, 0.3) is 0 Å². The second-order valence-corrected chi connectivity index (χ2v) is 12.8. The monoisotopic (exact) mass is 440 g/mol. The van der Waals surface area contributed by atoms with Gasteiger partial charge in [0.1, 0.15) is 0 Å². The zero-order valence-electron chi connectivity index (χ0n) is 15.8. The summed E-state index contributed by atoms with van der Waals surface area (Å²) < 4.78 is 124. The minimum atomic E-state index is -6.92. The molecule has 0 N–H and O–H groups in total. The van der Waals surface area contributed by atoms with Crippen LogP contribution in [0.4, 0.5) is 39.5 Å². The molecule has 0 radical (unpaired) electrons. The molecule has 0 spiro atoms. The van der Waals surface area contributed by atoms with Crippen molar-refractivity contribution in [1.82, 2.24) is 0 Å². The van der Waals surface area contributed by atoms with Gasteiger partial charge in [0.05, 0.1) is 6.61 Å².